The average Bonchev–Trinajstić information content (AvgIpc) is 2.17. The topological polar surface area (TPSA) is 6.48 Å². The second kappa shape index (κ2) is 4.24. The molecule has 0 radical (unpaired) electrons. The number of hydrogen-bond donors (Lipinski definition) is 0. The van der Waals surface area contributed by atoms with Gasteiger partial charge in [0, 0.05) is 13.1 Å². The van der Waals surface area contributed by atoms with Gasteiger partial charge < -0.3 is 0 Å². The maximum atomic E-state index is 2.62. The monoisotopic (exact) mass is 168 g/mol. The Hall–Kier alpha value is -0.0800. The van der Waals surface area contributed by atoms with Gasteiger partial charge in [-0.15, -0.1) is 0 Å². The molecule has 2 bridgehead atoms. The van der Waals surface area contributed by atoms with E-state index < -0.39 is 0 Å². The Morgan fingerprint density at radius 3 is 1.58 bits per heavy atom. The van der Waals surface area contributed by atoms with Crippen molar-refractivity contribution in [1.29, 1.82) is 0 Å². The van der Waals surface area contributed by atoms with Crippen molar-refractivity contribution < 1.29 is 0 Å². The zero-order chi connectivity index (χ0) is 8.23. The molecule has 2 aliphatic heterocycles. The highest BCUT2D eigenvalue weighted by molar-refractivity contribution is 4.70. The van der Waals surface area contributed by atoms with Gasteiger partial charge in [0.2, 0.25) is 0 Å². The molecule has 0 aliphatic carbocycles. The molecule has 0 N–H and O–H groups in total. The number of nitrogens with zero attached hydrogens (tertiary/aromatic N) is 2. The Morgan fingerprint density at radius 2 is 1.00 bits per heavy atom. The summed E-state index contributed by atoms with van der Waals surface area (Å²) in [6, 6.07) is 0. The van der Waals surface area contributed by atoms with Crippen molar-refractivity contribution in [3.8, 4) is 0 Å². The molecule has 2 aliphatic rings. The van der Waals surface area contributed by atoms with Crippen LogP contribution in [0.1, 0.15) is 32.1 Å². The van der Waals surface area contributed by atoms with Gasteiger partial charge in [-0.2, -0.15) is 0 Å². The van der Waals surface area contributed by atoms with Gasteiger partial charge in [0.1, 0.15) is 0 Å². The molecular formula is C10H20N2. The molecule has 2 atom stereocenters. The largest absolute Gasteiger partial charge is 0.290 e. The molecule has 0 spiro atoms. The Balaban J connectivity index is 1.88. The van der Waals surface area contributed by atoms with E-state index in [1.165, 1.54) is 65.0 Å². The molecule has 2 nitrogen and oxygen atoms in total. The van der Waals surface area contributed by atoms with Crippen LogP contribution in [0.2, 0.25) is 0 Å². The Morgan fingerprint density at radius 1 is 0.500 bits per heavy atom. The zero-order valence-corrected chi connectivity index (χ0v) is 7.97. The zero-order valence-electron chi connectivity index (χ0n) is 7.97. The third-order valence-electron chi connectivity index (χ3n) is 3.05. The van der Waals surface area contributed by atoms with Gasteiger partial charge in [0.15, 0.2) is 0 Å². The first-order valence-corrected chi connectivity index (χ1v) is 5.40. The van der Waals surface area contributed by atoms with Crippen molar-refractivity contribution in [3.63, 3.8) is 0 Å². The molecule has 0 amide bonds. The summed E-state index contributed by atoms with van der Waals surface area (Å²) in [6.45, 7) is 6.62. The van der Waals surface area contributed by atoms with Crippen molar-refractivity contribution in [2.75, 3.05) is 32.8 Å². The van der Waals surface area contributed by atoms with Gasteiger partial charge >= 0.3 is 0 Å². The van der Waals surface area contributed by atoms with Gasteiger partial charge in [-0.3, -0.25) is 9.80 Å². The second-order valence-corrected chi connectivity index (χ2v) is 4.15. The van der Waals surface area contributed by atoms with Gasteiger partial charge in [0.05, 0.1) is 6.67 Å². The Kier molecular flexibility index (Phi) is 3.01. The van der Waals surface area contributed by atoms with Crippen molar-refractivity contribution >= 4 is 0 Å². The molecule has 0 aromatic rings. The van der Waals surface area contributed by atoms with Gasteiger partial charge in [0.25, 0.3) is 0 Å². The maximum absolute atomic E-state index is 2.62. The molecular weight excluding hydrogens is 148 g/mol. The Bertz CT molecular complexity index is 122. The highest BCUT2D eigenvalue weighted by Crippen LogP contribution is 2.12. The van der Waals surface area contributed by atoms with Crippen LogP contribution in [0, 0.1) is 0 Å². The van der Waals surface area contributed by atoms with Crippen LogP contribution in [0.3, 0.4) is 0 Å². The van der Waals surface area contributed by atoms with E-state index in [-0.39, 0.29) is 0 Å². The highest BCUT2D eigenvalue weighted by Gasteiger charge is 2.17. The SMILES string of the molecule is C1CCCN2CCCN(CC1)C2. The smallest absolute Gasteiger partial charge is 0.0506 e. The summed E-state index contributed by atoms with van der Waals surface area (Å²) in [5.74, 6) is 0. The van der Waals surface area contributed by atoms with Crippen LogP contribution in [-0.4, -0.2) is 42.6 Å². The standard InChI is InChI=1S/C10H20N2/c1-2-4-7-12-9-5-8-11(10-12)6-3-1/h1-10H2. The number of rotatable bonds is 0. The van der Waals surface area contributed by atoms with Crippen molar-refractivity contribution in [2.45, 2.75) is 32.1 Å². The van der Waals surface area contributed by atoms with E-state index >= 15 is 0 Å². The molecule has 2 unspecified atom stereocenters. The van der Waals surface area contributed by atoms with E-state index in [2.05, 4.69) is 9.80 Å². The molecule has 70 valence electrons. The van der Waals surface area contributed by atoms with Crippen LogP contribution >= 0.6 is 0 Å². The molecule has 2 heteroatoms. The molecule has 12 heavy (non-hydrogen) atoms. The third-order valence-corrected chi connectivity index (χ3v) is 3.05. The third kappa shape index (κ3) is 2.20. The van der Waals surface area contributed by atoms with Gasteiger partial charge in [-0.25, -0.2) is 0 Å². The lowest BCUT2D eigenvalue weighted by Gasteiger charge is -2.34. The molecule has 0 aromatic heterocycles. The second-order valence-electron chi connectivity index (χ2n) is 4.15. The van der Waals surface area contributed by atoms with Gasteiger partial charge in [-0.1, -0.05) is 12.8 Å². The lowest BCUT2D eigenvalue weighted by Crippen LogP contribution is -2.44. The molecule has 0 aromatic carbocycles. The van der Waals surface area contributed by atoms with Crippen LogP contribution in [0.15, 0.2) is 0 Å². The van der Waals surface area contributed by atoms with E-state index in [0.717, 1.165) is 0 Å². The minimum absolute atomic E-state index is 1.25. The van der Waals surface area contributed by atoms with Gasteiger partial charge in [-0.05, 0) is 32.4 Å². The summed E-state index contributed by atoms with van der Waals surface area (Å²) in [7, 11) is 0. The predicted molar refractivity (Wildman–Crippen MR) is 51.1 cm³/mol. The summed E-state index contributed by atoms with van der Waals surface area (Å²) in [5.41, 5.74) is 0. The summed E-state index contributed by atoms with van der Waals surface area (Å²) in [6.07, 6.45) is 7.14. The molecule has 2 saturated heterocycles. The maximum Gasteiger partial charge on any atom is 0.0506 e. The average molecular weight is 168 g/mol. The fraction of sp³-hybridized carbons (Fsp3) is 1.00. The Labute approximate surface area is 75.5 Å². The minimum atomic E-state index is 1.25. The van der Waals surface area contributed by atoms with E-state index in [9.17, 15) is 0 Å². The number of fused-ring (bicyclic) bond motifs is 2. The molecule has 2 fully saturated rings. The lowest BCUT2D eigenvalue weighted by atomic mass is 10.2. The molecule has 2 heterocycles. The normalized spacial score (nSPS) is 38.0. The van der Waals surface area contributed by atoms with E-state index in [4.69, 9.17) is 0 Å². The van der Waals surface area contributed by atoms with Crippen LogP contribution in [0.5, 0.6) is 0 Å². The first kappa shape index (κ1) is 8.52. The summed E-state index contributed by atoms with van der Waals surface area (Å²) in [4.78, 5) is 5.24. The predicted octanol–water partition coefficient (Wildman–Crippen LogP) is 1.53. The van der Waals surface area contributed by atoms with Crippen LogP contribution in [0.4, 0.5) is 0 Å². The number of hydrogen-bond acceptors (Lipinski definition) is 2. The van der Waals surface area contributed by atoms with E-state index in [0.29, 0.717) is 0 Å². The minimum Gasteiger partial charge on any atom is -0.290 e. The summed E-state index contributed by atoms with van der Waals surface area (Å²) in [5, 5.41) is 0. The first-order valence-electron chi connectivity index (χ1n) is 5.40. The molecule has 0 saturated carbocycles. The van der Waals surface area contributed by atoms with Crippen LogP contribution in [0.25, 0.3) is 0 Å². The van der Waals surface area contributed by atoms with E-state index in [1.807, 2.05) is 0 Å². The van der Waals surface area contributed by atoms with Crippen molar-refractivity contribution in [3.05, 3.63) is 0 Å². The fourth-order valence-electron chi connectivity index (χ4n) is 2.33. The van der Waals surface area contributed by atoms with Crippen molar-refractivity contribution in [2.24, 2.45) is 0 Å². The molecule has 2 rings (SSSR count). The lowest BCUT2D eigenvalue weighted by molar-refractivity contribution is 0.0893. The quantitative estimate of drug-likeness (QED) is 0.541. The van der Waals surface area contributed by atoms with Crippen LogP contribution in [-0.2, 0) is 0 Å². The fourth-order valence-corrected chi connectivity index (χ4v) is 2.33. The van der Waals surface area contributed by atoms with Crippen LogP contribution < -0.4 is 0 Å². The summed E-state index contributed by atoms with van der Waals surface area (Å²) < 4.78 is 0. The van der Waals surface area contributed by atoms with Crippen molar-refractivity contribution in [1.82, 2.24) is 9.80 Å². The van der Waals surface area contributed by atoms with E-state index in [1.54, 1.807) is 0 Å². The highest BCUT2D eigenvalue weighted by atomic mass is 15.3. The first-order chi connectivity index (χ1) is 5.95. The summed E-state index contributed by atoms with van der Waals surface area (Å²) >= 11 is 0.